The third-order valence-corrected chi connectivity index (χ3v) is 4.84. The highest BCUT2D eigenvalue weighted by atomic mass is 32.1. The van der Waals surface area contributed by atoms with Gasteiger partial charge in [0.1, 0.15) is 6.04 Å². The van der Waals surface area contributed by atoms with Crippen LogP contribution >= 0.6 is 11.5 Å². The molecule has 2 amide bonds. The summed E-state index contributed by atoms with van der Waals surface area (Å²) in [5, 5.41) is 8.55. The van der Waals surface area contributed by atoms with Crippen molar-refractivity contribution in [3.63, 3.8) is 0 Å². The summed E-state index contributed by atoms with van der Waals surface area (Å²) in [5.74, 6) is -0.614. The summed E-state index contributed by atoms with van der Waals surface area (Å²) in [4.78, 5) is 32.5. The van der Waals surface area contributed by atoms with E-state index in [-0.39, 0.29) is 24.1 Å². The summed E-state index contributed by atoms with van der Waals surface area (Å²) in [6, 6.07) is 10.5. The molecule has 1 N–H and O–H groups in total. The minimum atomic E-state index is -0.835. The summed E-state index contributed by atoms with van der Waals surface area (Å²) in [5.41, 5.74) is 2.31. The highest BCUT2D eigenvalue weighted by Gasteiger charge is 2.34. The molecule has 0 aliphatic rings. The Morgan fingerprint density at radius 2 is 2.00 bits per heavy atom. The third-order valence-electron chi connectivity index (χ3n) is 4.33. The van der Waals surface area contributed by atoms with E-state index >= 15 is 0 Å². The van der Waals surface area contributed by atoms with Crippen LogP contribution in [-0.4, -0.2) is 36.8 Å². The Morgan fingerprint density at radius 1 is 1.20 bits per heavy atom. The lowest BCUT2D eigenvalue weighted by molar-refractivity contribution is -0.127. The van der Waals surface area contributed by atoms with Gasteiger partial charge in [0.05, 0.1) is 0 Å². The fourth-order valence-corrected chi connectivity index (χ4v) is 3.55. The number of hydrogen-bond donors (Lipinski definition) is 1. The van der Waals surface area contributed by atoms with E-state index in [9.17, 15) is 9.59 Å². The predicted octanol–water partition coefficient (Wildman–Crippen LogP) is 3.54. The Labute approximate surface area is 180 Å². The van der Waals surface area contributed by atoms with E-state index in [0.29, 0.717) is 0 Å². The number of carbonyl (C=O) groups excluding carboxylic acids is 2. The minimum Gasteiger partial charge on any atom is -0.349 e. The van der Waals surface area contributed by atoms with E-state index in [1.165, 1.54) is 4.90 Å². The van der Waals surface area contributed by atoms with Gasteiger partial charge in [-0.15, -0.1) is 5.10 Å². The van der Waals surface area contributed by atoms with Crippen LogP contribution in [-0.2, 0) is 11.3 Å². The van der Waals surface area contributed by atoms with Gasteiger partial charge in [0.25, 0.3) is 5.91 Å². The van der Waals surface area contributed by atoms with Gasteiger partial charge in [-0.2, -0.15) is 0 Å². The summed E-state index contributed by atoms with van der Waals surface area (Å²) < 4.78 is 3.81. The van der Waals surface area contributed by atoms with E-state index in [1.54, 1.807) is 23.8 Å². The lowest BCUT2D eigenvalue weighted by Gasteiger charge is -2.33. The zero-order valence-electron chi connectivity index (χ0n) is 17.5. The summed E-state index contributed by atoms with van der Waals surface area (Å²) in [6.07, 6.45) is 3.36. The number of nitrogens with zero attached hydrogens (tertiary/aromatic N) is 4. The number of pyridine rings is 1. The van der Waals surface area contributed by atoms with Crippen LogP contribution in [0.5, 0.6) is 0 Å². The Morgan fingerprint density at radius 3 is 2.60 bits per heavy atom. The molecule has 1 unspecified atom stereocenters. The van der Waals surface area contributed by atoms with Gasteiger partial charge in [-0.25, -0.2) is 0 Å². The molecule has 1 aromatic carbocycles. The van der Waals surface area contributed by atoms with Crippen LogP contribution in [0.1, 0.15) is 54.0 Å². The zero-order valence-corrected chi connectivity index (χ0v) is 18.3. The van der Waals surface area contributed by atoms with Crippen molar-refractivity contribution in [1.82, 2.24) is 24.8 Å². The molecule has 156 valence electrons. The van der Waals surface area contributed by atoms with Crippen LogP contribution in [0.2, 0.25) is 0 Å². The van der Waals surface area contributed by atoms with Crippen LogP contribution in [0.15, 0.2) is 54.2 Å². The van der Waals surface area contributed by atoms with Crippen LogP contribution in [0.4, 0.5) is 0 Å². The third kappa shape index (κ3) is 5.48. The molecular formula is C22H25N5O2S. The van der Waals surface area contributed by atoms with Crippen molar-refractivity contribution >= 4 is 23.3 Å². The standard InChI is InChI=1S/C22H25N5O2S/c1-15-7-5-9-17(11-15)19(20(28)24-22(2,3)4)27(13-16-8-6-10-23-12-16)21(29)18-14-30-26-25-18/h5-12,14,19H,13H2,1-4H3,(H,24,28). The molecule has 0 bridgehead atoms. The zero-order chi connectivity index (χ0) is 21.7. The molecule has 0 radical (unpaired) electrons. The van der Waals surface area contributed by atoms with E-state index in [4.69, 9.17) is 0 Å². The van der Waals surface area contributed by atoms with E-state index in [2.05, 4.69) is 19.9 Å². The average Bonchev–Trinajstić information content (AvgIpc) is 3.21. The molecule has 2 heterocycles. The smallest absolute Gasteiger partial charge is 0.276 e. The van der Waals surface area contributed by atoms with Crippen LogP contribution in [0.25, 0.3) is 0 Å². The second-order valence-corrected chi connectivity index (χ2v) is 8.75. The second-order valence-electron chi connectivity index (χ2n) is 8.14. The molecule has 3 rings (SSSR count). The first-order chi connectivity index (χ1) is 14.2. The number of rotatable bonds is 6. The van der Waals surface area contributed by atoms with Crippen LogP contribution in [0, 0.1) is 6.92 Å². The number of carbonyl (C=O) groups is 2. The summed E-state index contributed by atoms with van der Waals surface area (Å²) in [7, 11) is 0. The number of aromatic nitrogens is 3. The van der Waals surface area contributed by atoms with Crippen molar-refractivity contribution in [3.8, 4) is 0 Å². The minimum absolute atomic E-state index is 0.209. The summed E-state index contributed by atoms with van der Waals surface area (Å²) in [6.45, 7) is 7.90. The Balaban J connectivity index is 2.09. The maximum Gasteiger partial charge on any atom is 0.276 e. The Kier molecular flexibility index (Phi) is 6.56. The lowest BCUT2D eigenvalue weighted by atomic mass is 9.99. The van der Waals surface area contributed by atoms with Gasteiger partial charge in [-0.3, -0.25) is 14.6 Å². The largest absolute Gasteiger partial charge is 0.349 e. The normalized spacial score (nSPS) is 12.3. The number of amides is 2. The SMILES string of the molecule is Cc1cccc(C(C(=O)NC(C)(C)C)N(Cc2cccnc2)C(=O)c2csnn2)c1. The highest BCUT2D eigenvalue weighted by molar-refractivity contribution is 7.03. The van der Waals surface area contributed by atoms with Gasteiger partial charge in [0, 0.05) is 29.9 Å². The maximum atomic E-state index is 13.4. The fraction of sp³-hybridized carbons (Fsp3) is 0.318. The molecule has 1 atom stereocenters. The summed E-state index contributed by atoms with van der Waals surface area (Å²) >= 11 is 1.10. The molecule has 3 aromatic rings. The molecule has 7 nitrogen and oxygen atoms in total. The number of nitrogens with one attached hydrogen (secondary N) is 1. The fourth-order valence-electron chi connectivity index (χ4n) is 3.12. The topological polar surface area (TPSA) is 88.1 Å². The van der Waals surface area contributed by atoms with Gasteiger partial charge < -0.3 is 10.2 Å². The first-order valence-corrected chi connectivity index (χ1v) is 10.4. The predicted molar refractivity (Wildman–Crippen MR) is 116 cm³/mol. The van der Waals surface area contributed by atoms with Gasteiger partial charge in [0.2, 0.25) is 5.91 Å². The van der Waals surface area contributed by atoms with E-state index in [0.717, 1.165) is 28.2 Å². The van der Waals surface area contributed by atoms with Crippen molar-refractivity contribution in [2.45, 2.75) is 45.8 Å². The van der Waals surface area contributed by atoms with Gasteiger partial charge in [-0.1, -0.05) is 40.4 Å². The van der Waals surface area contributed by atoms with Crippen molar-refractivity contribution < 1.29 is 9.59 Å². The quantitative estimate of drug-likeness (QED) is 0.655. The first kappa shape index (κ1) is 21.6. The Hall–Kier alpha value is -3.13. The van der Waals surface area contributed by atoms with Crippen molar-refractivity contribution in [1.29, 1.82) is 0 Å². The molecular weight excluding hydrogens is 398 g/mol. The Bertz CT molecular complexity index is 1000. The first-order valence-electron chi connectivity index (χ1n) is 9.60. The van der Waals surface area contributed by atoms with Crippen LogP contribution in [0.3, 0.4) is 0 Å². The molecule has 0 spiro atoms. The molecule has 0 saturated carbocycles. The molecule has 0 aliphatic heterocycles. The number of benzene rings is 1. The molecule has 0 fully saturated rings. The van der Waals surface area contributed by atoms with Gasteiger partial charge >= 0.3 is 0 Å². The van der Waals surface area contributed by atoms with Crippen LogP contribution < -0.4 is 5.32 Å². The van der Waals surface area contributed by atoms with Crippen molar-refractivity contribution in [2.75, 3.05) is 0 Å². The number of aryl methyl sites for hydroxylation is 1. The molecule has 0 saturated heterocycles. The lowest BCUT2D eigenvalue weighted by Crippen LogP contribution is -2.49. The number of hydrogen-bond acceptors (Lipinski definition) is 6. The molecule has 0 aliphatic carbocycles. The molecule has 8 heteroatoms. The monoisotopic (exact) mass is 423 g/mol. The van der Waals surface area contributed by atoms with E-state index < -0.39 is 11.6 Å². The van der Waals surface area contributed by atoms with Gasteiger partial charge in [-0.05, 0) is 56.4 Å². The highest BCUT2D eigenvalue weighted by Crippen LogP contribution is 2.27. The maximum absolute atomic E-state index is 13.4. The molecule has 30 heavy (non-hydrogen) atoms. The molecule has 2 aromatic heterocycles. The van der Waals surface area contributed by atoms with Gasteiger partial charge in [0.15, 0.2) is 5.69 Å². The van der Waals surface area contributed by atoms with E-state index in [1.807, 2.05) is 58.0 Å². The second kappa shape index (κ2) is 9.13. The van der Waals surface area contributed by atoms with Crippen molar-refractivity contribution in [2.24, 2.45) is 0 Å². The van der Waals surface area contributed by atoms with Crippen molar-refractivity contribution in [3.05, 3.63) is 76.6 Å². The average molecular weight is 424 g/mol.